The Bertz CT molecular complexity index is 762. The van der Waals surface area contributed by atoms with E-state index in [1.807, 2.05) is 59.2 Å². The molecule has 1 heterocycles. The smallest absolute Gasteiger partial charge is 0.168 e. The van der Waals surface area contributed by atoms with Crippen LogP contribution in [0.15, 0.2) is 60.9 Å². The zero-order valence-corrected chi connectivity index (χ0v) is 12.3. The summed E-state index contributed by atoms with van der Waals surface area (Å²) in [6.45, 7) is 0.595. The molecule has 2 aromatic carbocycles. The highest BCUT2D eigenvalue weighted by molar-refractivity contribution is 5.83. The summed E-state index contributed by atoms with van der Waals surface area (Å²) >= 11 is 0. The highest BCUT2D eigenvalue weighted by Crippen LogP contribution is 2.21. The van der Waals surface area contributed by atoms with Gasteiger partial charge in [0.2, 0.25) is 0 Å². The van der Waals surface area contributed by atoms with Crippen LogP contribution in [-0.4, -0.2) is 22.9 Å². The molecule has 4 heteroatoms. The zero-order valence-electron chi connectivity index (χ0n) is 12.3. The van der Waals surface area contributed by atoms with E-state index in [1.54, 1.807) is 13.4 Å². The summed E-state index contributed by atoms with van der Waals surface area (Å²) in [7, 11) is 1.64. The van der Waals surface area contributed by atoms with Gasteiger partial charge in [-0.15, -0.1) is 0 Å². The number of carbonyl (C=O) groups is 1. The Hall–Kier alpha value is -2.88. The molecule has 0 aliphatic rings. The fourth-order valence-corrected chi connectivity index (χ4v) is 2.39. The fraction of sp³-hybridized carbons (Fsp3) is 0.111. The number of aromatic nitrogens is 2. The van der Waals surface area contributed by atoms with E-state index in [-0.39, 0.29) is 0 Å². The third kappa shape index (κ3) is 2.76. The lowest BCUT2D eigenvalue weighted by Crippen LogP contribution is -2.03. The van der Waals surface area contributed by atoms with Crippen LogP contribution >= 0.6 is 0 Å². The van der Waals surface area contributed by atoms with Crippen molar-refractivity contribution in [1.82, 2.24) is 9.55 Å². The van der Waals surface area contributed by atoms with E-state index in [2.05, 4.69) is 4.98 Å². The van der Waals surface area contributed by atoms with Crippen molar-refractivity contribution in [1.29, 1.82) is 0 Å². The topological polar surface area (TPSA) is 44.1 Å². The second kappa shape index (κ2) is 6.26. The van der Waals surface area contributed by atoms with Gasteiger partial charge in [-0.05, 0) is 17.7 Å². The molecular formula is C18H16N2O2. The van der Waals surface area contributed by atoms with Gasteiger partial charge in [-0.25, -0.2) is 4.98 Å². The van der Waals surface area contributed by atoms with Gasteiger partial charge in [0.1, 0.15) is 11.4 Å². The summed E-state index contributed by atoms with van der Waals surface area (Å²) in [6.07, 6.45) is 2.56. The lowest BCUT2D eigenvalue weighted by Gasteiger charge is -2.07. The standard InChI is InChI=1S/C18H16N2O2/c1-22-16-9-7-14(8-10-16)11-20-13-19-18(17(20)12-21)15-5-3-2-4-6-15/h2-10,12-13H,11H2,1H3. The molecular weight excluding hydrogens is 276 g/mol. The summed E-state index contributed by atoms with van der Waals surface area (Å²) < 4.78 is 7.01. The predicted octanol–water partition coefficient (Wildman–Crippen LogP) is 3.42. The van der Waals surface area contributed by atoms with Gasteiger partial charge in [-0.3, -0.25) is 4.79 Å². The number of hydrogen-bond donors (Lipinski definition) is 0. The molecule has 110 valence electrons. The molecule has 0 aliphatic carbocycles. The number of benzene rings is 2. The maximum Gasteiger partial charge on any atom is 0.168 e. The van der Waals surface area contributed by atoms with Gasteiger partial charge in [0, 0.05) is 12.1 Å². The molecule has 3 rings (SSSR count). The first kappa shape index (κ1) is 14.1. The molecule has 0 N–H and O–H groups in total. The molecule has 0 spiro atoms. The van der Waals surface area contributed by atoms with Crippen molar-refractivity contribution >= 4 is 6.29 Å². The van der Waals surface area contributed by atoms with E-state index in [0.717, 1.165) is 23.2 Å². The third-order valence-electron chi connectivity index (χ3n) is 3.55. The largest absolute Gasteiger partial charge is 0.497 e. The molecule has 0 aliphatic heterocycles. The van der Waals surface area contributed by atoms with Crippen LogP contribution in [0, 0.1) is 0 Å². The zero-order chi connectivity index (χ0) is 15.4. The van der Waals surface area contributed by atoms with Crippen LogP contribution < -0.4 is 4.74 Å². The molecule has 0 unspecified atom stereocenters. The molecule has 0 bridgehead atoms. The lowest BCUT2D eigenvalue weighted by molar-refractivity contribution is 0.111. The summed E-state index contributed by atoms with van der Waals surface area (Å²) in [6, 6.07) is 17.5. The molecule has 0 amide bonds. The van der Waals surface area contributed by atoms with E-state index >= 15 is 0 Å². The maximum atomic E-state index is 11.5. The average molecular weight is 292 g/mol. The van der Waals surface area contributed by atoms with Gasteiger partial charge in [-0.2, -0.15) is 0 Å². The minimum Gasteiger partial charge on any atom is -0.497 e. The number of hydrogen-bond acceptors (Lipinski definition) is 3. The Morgan fingerprint density at radius 3 is 2.45 bits per heavy atom. The van der Waals surface area contributed by atoms with Crippen molar-refractivity contribution in [3.05, 3.63) is 72.2 Å². The molecule has 0 radical (unpaired) electrons. The van der Waals surface area contributed by atoms with Crippen molar-refractivity contribution in [3.63, 3.8) is 0 Å². The van der Waals surface area contributed by atoms with Gasteiger partial charge in [0.25, 0.3) is 0 Å². The third-order valence-corrected chi connectivity index (χ3v) is 3.55. The number of rotatable bonds is 5. The van der Waals surface area contributed by atoms with Crippen molar-refractivity contribution in [2.45, 2.75) is 6.54 Å². The molecule has 0 saturated heterocycles. The van der Waals surface area contributed by atoms with E-state index in [1.165, 1.54) is 0 Å². The first-order valence-corrected chi connectivity index (χ1v) is 7.00. The number of methoxy groups -OCH3 is 1. The summed E-state index contributed by atoms with van der Waals surface area (Å²) in [5.41, 5.74) is 3.32. The second-order valence-corrected chi connectivity index (χ2v) is 4.94. The molecule has 22 heavy (non-hydrogen) atoms. The highest BCUT2D eigenvalue weighted by Gasteiger charge is 2.12. The average Bonchev–Trinajstić information content (AvgIpc) is 2.99. The van der Waals surface area contributed by atoms with Crippen LogP contribution in [0.3, 0.4) is 0 Å². The van der Waals surface area contributed by atoms with Gasteiger partial charge in [0.15, 0.2) is 6.29 Å². The molecule has 4 nitrogen and oxygen atoms in total. The summed E-state index contributed by atoms with van der Waals surface area (Å²) in [4.78, 5) is 15.9. The summed E-state index contributed by atoms with van der Waals surface area (Å²) in [5, 5.41) is 0. The van der Waals surface area contributed by atoms with Crippen molar-refractivity contribution in [2.24, 2.45) is 0 Å². The van der Waals surface area contributed by atoms with Crippen LogP contribution in [0.2, 0.25) is 0 Å². The quantitative estimate of drug-likeness (QED) is 0.677. The van der Waals surface area contributed by atoms with Gasteiger partial charge >= 0.3 is 0 Å². The Balaban J connectivity index is 1.91. The number of ether oxygens (including phenoxy) is 1. The molecule has 1 aromatic heterocycles. The fourth-order valence-electron chi connectivity index (χ4n) is 2.39. The minimum atomic E-state index is 0.585. The van der Waals surface area contributed by atoms with Gasteiger partial charge in [-0.1, -0.05) is 42.5 Å². The van der Waals surface area contributed by atoms with Crippen LogP contribution in [0.25, 0.3) is 11.3 Å². The minimum absolute atomic E-state index is 0.585. The highest BCUT2D eigenvalue weighted by atomic mass is 16.5. The van der Waals surface area contributed by atoms with E-state index < -0.39 is 0 Å². The van der Waals surface area contributed by atoms with Crippen LogP contribution in [0.4, 0.5) is 0 Å². The Labute approximate surface area is 129 Å². The van der Waals surface area contributed by atoms with E-state index in [4.69, 9.17) is 4.74 Å². The van der Waals surface area contributed by atoms with E-state index in [9.17, 15) is 4.79 Å². The first-order valence-electron chi connectivity index (χ1n) is 7.00. The predicted molar refractivity (Wildman–Crippen MR) is 85.1 cm³/mol. The maximum absolute atomic E-state index is 11.5. The SMILES string of the molecule is COc1ccc(Cn2cnc(-c3ccccc3)c2C=O)cc1. The van der Waals surface area contributed by atoms with Gasteiger partial charge < -0.3 is 9.30 Å². The molecule has 0 saturated carbocycles. The van der Waals surface area contributed by atoms with Crippen LogP contribution in [0.5, 0.6) is 5.75 Å². The van der Waals surface area contributed by atoms with Crippen molar-refractivity contribution in [3.8, 4) is 17.0 Å². The van der Waals surface area contributed by atoms with Gasteiger partial charge in [0.05, 0.1) is 19.1 Å². The number of aldehydes is 1. The Morgan fingerprint density at radius 2 is 1.82 bits per heavy atom. The second-order valence-electron chi connectivity index (χ2n) is 4.94. The molecule has 0 atom stereocenters. The lowest BCUT2D eigenvalue weighted by atomic mass is 10.1. The monoisotopic (exact) mass is 292 g/mol. The van der Waals surface area contributed by atoms with Crippen LogP contribution in [0.1, 0.15) is 16.1 Å². The summed E-state index contributed by atoms with van der Waals surface area (Å²) in [5.74, 6) is 0.815. The number of imidazole rings is 1. The normalized spacial score (nSPS) is 10.4. The van der Waals surface area contributed by atoms with E-state index in [0.29, 0.717) is 17.9 Å². The Morgan fingerprint density at radius 1 is 1.09 bits per heavy atom. The van der Waals surface area contributed by atoms with Crippen LogP contribution in [-0.2, 0) is 6.54 Å². The van der Waals surface area contributed by atoms with Crippen molar-refractivity contribution in [2.75, 3.05) is 7.11 Å². The van der Waals surface area contributed by atoms with Crippen molar-refractivity contribution < 1.29 is 9.53 Å². The Kier molecular flexibility index (Phi) is 4.01. The molecule has 0 fully saturated rings. The number of nitrogens with zero attached hydrogens (tertiary/aromatic N) is 2. The number of carbonyl (C=O) groups excluding carboxylic acids is 1. The first-order chi connectivity index (χ1) is 10.8. The molecule has 3 aromatic rings.